The van der Waals surface area contributed by atoms with Crippen molar-refractivity contribution in [3.8, 4) is 39.5 Å². The van der Waals surface area contributed by atoms with Gasteiger partial charge >= 0.3 is 0 Å². The lowest BCUT2D eigenvalue weighted by Crippen LogP contribution is -2.15. The van der Waals surface area contributed by atoms with Crippen LogP contribution in [0.25, 0.3) is 72.3 Å². The van der Waals surface area contributed by atoms with E-state index in [1.165, 1.54) is 0 Å². The second-order valence-electron chi connectivity index (χ2n) is 10.9. The monoisotopic (exact) mass is 586 g/mol. The number of fused-ring (bicyclic) bond motifs is 5. The van der Waals surface area contributed by atoms with E-state index in [2.05, 4.69) is 23.2 Å². The van der Waals surface area contributed by atoms with Gasteiger partial charge in [-0.25, -0.2) is 18.4 Å². The van der Waals surface area contributed by atoms with E-state index in [-0.39, 0.29) is 9.79 Å². The molecule has 0 aliphatic carbocycles. The second kappa shape index (κ2) is 9.17. The highest BCUT2D eigenvalue weighted by atomic mass is 32.2. The van der Waals surface area contributed by atoms with Crippen molar-refractivity contribution < 1.29 is 8.42 Å². The predicted octanol–water partition coefficient (Wildman–Crippen LogP) is 8.27. The minimum atomic E-state index is -3.77. The van der Waals surface area contributed by atoms with Gasteiger partial charge in [0.1, 0.15) is 5.82 Å². The summed E-state index contributed by atoms with van der Waals surface area (Å²) < 4.78 is 30.0. The molecular formula is C37H22N4O2S. The third-order valence-corrected chi connectivity index (χ3v) is 10.2. The molecule has 0 atom stereocenters. The van der Waals surface area contributed by atoms with Gasteiger partial charge in [0, 0.05) is 28.1 Å². The first-order valence-electron chi connectivity index (χ1n) is 14.3. The zero-order valence-corrected chi connectivity index (χ0v) is 24.0. The molecule has 44 heavy (non-hydrogen) atoms. The molecule has 0 fully saturated rings. The molecule has 0 radical (unpaired) electrons. The smallest absolute Gasteiger partial charge is 0.210 e. The van der Waals surface area contributed by atoms with Gasteiger partial charge in [-0.1, -0.05) is 91.0 Å². The van der Waals surface area contributed by atoms with Gasteiger partial charge in [0.2, 0.25) is 9.84 Å². The molecule has 0 saturated carbocycles. The maximum atomic E-state index is 14.0. The van der Waals surface area contributed by atoms with E-state index in [4.69, 9.17) is 9.97 Å². The Hall–Kier alpha value is -5.66. The highest BCUT2D eigenvalue weighted by molar-refractivity contribution is 7.92. The van der Waals surface area contributed by atoms with Crippen molar-refractivity contribution in [2.45, 2.75) is 9.79 Å². The second-order valence-corrected chi connectivity index (χ2v) is 12.8. The number of nitrogens with zero attached hydrogens (tertiary/aromatic N) is 4. The summed E-state index contributed by atoms with van der Waals surface area (Å²) in [5.74, 6) is 0.715. The fourth-order valence-corrected chi connectivity index (χ4v) is 7.92. The average molecular weight is 587 g/mol. The summed E-state index contributed by atoms with van der Waals surface area (Å²) in [7, 11) is -3.77. The Morgan fingerprint density at radius 1 is 0.545 bits per heavy atom. The van der Waals surface area contributed by atoms with Crippen LogP contribution in [0.5, 0.6) is 0 Å². The molecule has 0 bridgehead atoms. The van der Waals surface area contributed by atoms with Crippen molar-refractivity contribution in [3.63, 3.8) is 0 Å². The van der Waals surface area contributed by atoms with E-state index < -0.39 is 9.84 Å². The van der Waals surface area contributed by atoms with Gasteiger partial charge in [-0.2, -0.15) is 0 Å². The van der Waals surface area contributed by atoms with Crippen LogP contribution >= 0.6 is 0 Å². The van der Waals surface area contributed by atoms with Crippen LogP contribution in [0.15, 0.2) is 143 Å². The number of benzene rings is 5. The fraction of sp³-hybridized carbons (Fsp3) is 0. The Balaban J connectivity index is 1.15. The summed E-state index contributed by atoms with van der Waals surface area (Å²) in [6.07, 6.45) is 1.79. The number of aromatic nitrogens is 4. The largest absolute Gasteiger partial charge is 0.290 e. The van der Waals surface area contributed by atoms with Crippen molar-refractivity contribution in [2.24, 2.45) is 0 Å². The average Bonchev–Trinajstić information content (AvgIpc) is 3.48. The Labute approximate surface area is 252 Å². The van der Waals surface area contributed by atoms with Crippen LogP contribution in [0.2, 0.25) is 0 Å². The van der Waals surface area contributed by atoms with E-state index >= 15 is 0 Å². The lowest BCUT2D eigenvalue weighted by Gasteiger charge is -2.22. The minimum Gasteiger partial charge on any atom is -0.290 e. The van der Waals surface area contributed by atoms with Gasteiger partial charge in [0.15, 0.2) is 0 Å². The van der Waals surface area contributed by atoms with Crippen LogP contribution in [-0.4, -0.2) is 27.9 Å². The zero-order valence-electron chi connectivity index (χ0n) is 23.2. The third kappa shape index (κ3) is 3.60. The van der Waals surface area contributed by atoms with Gasteiger partial charge in [-0.3, -0.25) is 9.55 Å². The molecular weight excluding hydrogens is 565 g/mol. The van der Waals surface area contributed by atoms with E-state index in [0.717, 1.165) is 49.8 Å². The highest BCUT2D eigenvalue weighted by Crippen LogP contribution is 2.43. The molecule has 3 aromatic heterocycles. The van der Waals surface area contributed by atoms with Crippen molar-refractivity contribution in [2.75, 3.05) is 0 Å². The van der Waals surface area contributed by atoms with Gasteiger partial charge in [-0.15, -0.1) is 0 Å². The van der Waals surface area contributed by atoms with Gasteiger partial charge in [0.05, 0.1) is 43.2 Å². The van der Waals surface area contributed by atoms with Crippen LogP contribution in [-0.2, 0) is 9.84 Å². The molecule has 0 amide bonds. The molecule has 7 heteroatoms. The topological polar surface area (TPSA) is 77.7 Å². The maximum absolute atomic E-state index is 14.0. The summed E-state index contributed by atoms with van der Waals surface area (Å²) in [5, 5.41) is 2.09. The van der Waals surface area contributed by atoms with Gasteiger partial charge in [0.25, 0.3) is 0 Å². The Kier molecular flexibility index (Phi) is 5.19. The Morgan fingerprint density at radius 3 is 2.14 bits per heavy atom. The lowest BCUT2D eigenvalue weighted by atomic mass is 10.0. The fourth-order valence-electron chi connectivity index (χ4n) is 6.26. The first-order valence-corrected chi connectivity index (χ1v) is 15.8. The third-order valence-electron chi connectivity index (χ3n) is 8.40. The van der Waals surface area contributed by atoms with E-state index in [9.17, 15) is 8.42 Å². The van der Waals surface area contributed by atoms with Crippen LogP contribution in [0.1, 0.15) is 0 Å². The number of pyridine rings is 2. The zero-order chi connectivity index (χ0) is 29.4. The maximum Gasteiger partial charge on any atom is 0.210 e. The molecule has 0 N–H and O–H groups in total. The van der Waals surface area contributed by atoms with E-state index in [0.29, 0.717) is 22.5 Å². The summed E-state index contributed by atoms with van der Waals surface area (Å²) in [6, 6.07) is 41.1. The van der Waals surface area contributed by atoms with E-state index in [1.54, 1.807) is 24.4 Å². The molecule has 0 spiro atoms. The molecule has 0 unspecified atom stereocenters. The normalized spacial score (nSPS) is 13.4. The molecule has 9 rings (SSSR count). The molecule has 1 aliphatic heterocycles. The van der Waals surface area contributed by atoms with Crippen LogP contribution in [0.3, 0.4) is 0 Å². The predicted molar refractivity (Wildman–Crippen MR) is 173 cm³/mol. The summed E-state index contributed by atoms with van der Waals surface area (Å²) in [4.78, 5) is 14.9. The van der Waals surface area contributed by atoms with Crippen LogP contribution in [0, 0.1) is 0 Å². The molecule has 0 saturated heterocycles. The van der Waals surface area contributed by atoms with Crippen LogP contribution in [0.4, 0.5) is 0 Å². The summed E-state index contributed by atoms with van der Waals surface area (Å²) >= 11 is 0. The lowest BCUT2D eigenvalue weighted by molar-refractivity contribution is 0.594. The molecule has 5 aromatic carbocycles. The number of hydrogen-bond donors (Lipinski definition) is 0. The first kappa shape index (κ1) is 24.9. The van der Waals surface area contributed by atoms with E-state index in [1.807, 2.05) is 95.6 Å². The number of imidazole rings is 1. The molecule has 4 heterocycles. The summed E-state index contributed by atoms with van der Waals surface area (Å²) in [6.45, 7) is 0. The highest BCUT2D eigenvalue weighted by Gasteiger charge is 2.34. The standard InChI is InChI=1S/C37H22N4O2S/c42-44(43)32-10-4-9-30-36(32)41(37(40-30)27-6-2-1-3-7-27)31-20-18-28(22-33(31)44)23-11-13-24(14-12-23)29-19-17-26-16-15-25-8-5-21-38-34(25)35(26)39-29/h1-22H. The first-order chi connectivity index (χ1) is 21.6. The summed E-state index contributed by atoms with van der Waals surface area (Å²) in [5.41, 5.74) is 8.09. The van der Waals surface area contributed by atoms with Gasteiger partial charge in [-0.05, 0) is 47.5 Å². The molecule has 1 aliphatic rings. The Morgan fingerprint density at radius 2 is 1.30 bits per heavy atom. The number of hydrogen-bond acceptors (Lipinski definition) is 5. The van der Waals surface area contributed by atoms with Crippen molar-refractivity contribution in [1.29, 1.82) is 0 Å². The van der Waals surface area contributed by atoms with Crippen molar-refractivity contribution in [1.82, 2.24) is 19.5 Å². The minimum absolute atomic E-state index is 0.268. The van der Waals surface area contributed by atoms with Crippen molar-refractivity contribution >= 4 is 42.7 Å². The number of para-hydroxylation sites is 1. The Bertz CT molecular complexity index is 2560. The SMILES string of the molecule is O=S1(=O)c2cc(-c3ccc(-c4ccc5ccc6cccnc6c5n4)cc3)ccc2-n2c(-c3ccccc3)nc3cccc1c32. The number of rotatable bonds is 3. The quantitative estimate of drug-likeness (QED) is 0.195. The van der Waals surface area contributed by atoms with Crippen LogP contribution < -0.4 is 0 Å². The van der Waals surface area contributed by atoms with Crippen molar-refractivity contribution in [3.05, 3.63) is 134 Å². The molecule has 6 nitrogen and oxygen atoms in total. The van der Waals surface area contributed by atoms with Gasteiger partial charge < -0.3 is 0 Å². The molecule has 8 aromatic rings. The number of sulfone groups is 1. The molecule has 208 valence electrons.